The maximum absolute atomic E-state index is 11.5. The number of aliphatic carboxylic acids is 1. The maximum Gasteiger partial charge on any atom is 0.308 e. The summed E-state index contributed by atoms with van der Waals surface area (Å²) < 4.78 is 0.815. The van der Waals surface area contributed by atoms with Crippen molar-refractivity contribution in [3.05, 3.63) is 28.2 Å². The summed E-state index contributed by atoms with van der Waals surface area (Å²) in [7, 11) is 0. The van der Waals surface area contributed by atoms with Crippen LogP contribution in [0.3, 0.4) is 0 Å². The van der Waals surface area contributed by atoms with Crippen molar-refractivity contribution < 1.29 is 14.7 Å². The first-order valence-corrected chi connectivity index (χ1v) is 7.87. The molecule has 0 saturated heterocycles. The maximum atomic E-state index is 11.5. The number of hydrogen-bond donors (Lipinski definition) is 3. The van der Waals surface area contributed by atoms with Crippen LogP contribution in [0.5, 0.6) is 0 Å². The summed E-state index contributed by atoms with van der Waals surface area (Å²) in [5.41, 5.74) is 6.36. The molecular formula is C15H19BrN2O3. The summed E-state index contributed by atoms with van der Waals surface area (Å²) in [6, 6.07) is 4.97. The van der Waals surface area contributed by atoms with Gasteiger partial charge in [-0.2, -0.15) is 0 Å². The second-order valence-corrected chi connectivity index (χ2v) is 6.30. The van der Waals surface area contributed by atoms with E-state index in [1.165, 1.54) is 0 Å². The molecule has 0 aromatic heterocycles. The normalized spacial score (nSPS) is 22.3. The fourth-order valence-corrected chi connectivity index (χ4v) is 3.19. The van der Waals surface area contributed by atoms with Crippen LogP contribution in [0.4, 0.5) is 5.69 Å². The number of anilines is 1. The molecule has 0 aliphatic heterocycles. The minimum Gasteiger partial charge on any atom is -0.481 e. The number of hydrogen-bond acceptors (Lipinski definition) is 3. The third-order valence-corrected chi connectivity index (χ3v) is 4.41. The minimum atomic E-state index is -0.787. The molecular weight excluding hydrogens is 336 g/mol. The number of benzene rings is 1. The van der Waals surface area contributed by atoms with Crippen LogP contribution in [0.1, 0.15) is 42.5 Å². The molecule has 4 N–H and O–H groups in total. The Morgan fingerprint density at radius 1 is 1.24 bits per heavy atom. The summed E-state index contributed by atoms with van der Waals surface area (Å²) in [6.07, 6.45) is 4.40. The van der Waals surface area contributed by atoms with E-state index in [1.54, 1.807) is 18.2 Å². The molecule has 0 radical (unpaired) electrons. The Morgan fingerprint density at radius 3 is 2.62 bits per heavy atom. The highest BCUT2D eigenvalue weighted by atomic mass is 79.9. The fraction of sp³-hybridized carbons (Fsp3) is 0.467. The van der Waals surface area contributed by atoms with E-state index in [0.717, 1.165) is 30.2 Å². The van der Waals surface area contributed by atoms with Crippen molar-refractivity contribution in [2.45, 2.75) is 38.1 Å². The van der Waals surface area contributed by atoms with Gasteiger partial charge in [-0.05, 0) is 31.0 Å². The van der Waals surface area contributed by atoms with Crippen LogP contribution in [0.2, 0.25) is 0 Å². The number of nitrogens with two attached hydrogens (primary N) is 1. The Morgan fingerprint density at radius 2 is 1.95 bits per heavy atom. The average molecular weight is 355 g/mol. The van der Waals surface area contributed by atoms with Gasteiger partial charge in [-0.15, -0.1) is 0 Å². The standard InChI is InChI=1S/C15H19BrN2O3/c16-9-6-7-10(14(17)19)13(8-9)18-12-5-3-1-2-4-11(12)15(20)21/h6-8,11-12,18H,1-5H2,(H2,17,19)(H,20,21). The molecule has 1 saturated carbocycles. The van der Waals surface area contributed by atoms with Crippen molar-refractivity contribution in [3.8, 4) is 0 Å². The van der Waals surface area contributed by atoms with Gasteiger partial charge in [0.1, 0.15) is 0 Å². The molecule has 0 heterocycles. The monoisotopic (exact) mass is 354 g/mol. The first-order chi connectivity index (χ1) is 9.99. The average Bonchev–Trinajstić information content (AvgIpc) is 2.64. The lowest BCUT2D eigenvalue weighted by molar-refractivity contribution is -0.142. The number of carbonyl (C=O) groups is 2. The van der Waals surface area contributed by atoms with E-state index in [-0.39, 0.29) is 6.04 Å². The molecule has 2 atom stereocenters. The zero-order valence-corrected chi connectivity index (χ0v) is 13.2. The Bertz CT molecular complexity index is 548. The third kappa shape index (κ3) is 3.97. The second kappa shape index (κ2) is 6.93. The predicted molar refractivity (Wildman–Crippen MR) is 84.3 cm³/mol. The van der Waals surface area contributed by atoms with Crippen molar-refractivity contribution in [1.82, 2.24) is 0 Å². The van der Waals surface area contributed by atoms with Crippen LogP contribution in [-0.4, -0.2) is 23.0 Å². The molecule has 21 heavy (non-hydrogen) atoms. The van der Waals surface area contributed by atoms with E-state index in [4.69, 9.17) is 5.73 Å². The van der Waals surface area contributed by atoms with Crippen molar-refractivity contribution in [1.29, 1.82) is 0 Å². The van der Waals surface area contributed by atoms with Gasteiger partial charge in [0.05, 0.1) is 11.5 Å². The van der Waals surface area contributed by atoms with E-state index < -0.39 is 17.8 Å². The lowest BCUT2D eigenvalue weighted by Gasteiger charge is -2.25. The van der Waals surface area contributed by atoms with Crippen molar-refractivity contribution >= 4 is 33.5 Å². The highest BCUT2D eigenvalue weighted by Gasteiger charge is 2.30. The zero-order chi connectivity index (χ0) is 15.4. The van der Waals surface area contributed by atoms with Gasteiger partial charge in [0.2, 0.25) is 0 Å². The van der Waals surface area contributed by atoms with Crippen LogP contribution >= 0.6 is 15.9 Å². The van der Waals surface area contributed by atoms with Crippen molar-refractivity contribution in [2.75, 3.05) is 5.32 Å². The van der Waals surface area contributed by atoms with Crippen LogP contribution in [0.25, 0.3) is 0 Å². The number of carboxylic acids is 1. The molecule has 114 valence electrons. The summed E-state index contributed by atoms with van der Waals surface area (Å²) >= 11 is 3.36. The highest BCUT2D eigenvalue weighted by Crippen LogP contribution is 2.29. The van der Waals surface area contributed by atoms with Gasteiger partial charge >= 0.3 is 5.97 Å². The molecule has 1 aliphatic rings. The Labute approximate surface area is 132 Å². The molecule has 1 aromatic carbocycles. The van der Waals surface area contributed by atoms with Gasteiger partial charge in [0.15, 0.2) is 0 Å². The largest absolute Gasteiger partial charge is 0.481 e. The number of amides is 1. The molecule has 5 nitrogen and oxygen atoms in total. The smallest absolute Gasteiger partial charge is 0.308 e. The molecule has 2 rings (SSSR count). The van der Waals surface area contributed by atoms with E-state index >= 15 is 0 Å². The first kappa shape index (κ1) is 15.8. The zero-order valence-electron chi connectivity index (χ0n) is 11.6. The summed E-state index contributed by atoms with van der Waals surface area (Å²) in [4.78, 5) is 23.0. The topological polar surface area (TPSA) is 92.4 Å². The number of halogens is 1. The van der Waals surface area contributed by atoms with Crippen LogP contribution in [0, 0.1) is 5.92 Å². The molecule has 1 aliphatic carbocycles. The first-order valence-electron chi connectivity index (χ1n) is 7.07. The molecule has 1 amide bonds. The highest BCUT2D eigenvalue weighted by molar-refractivity contribution is 9.10. The van der Waals surface area contributed by atoms with Gasteiger partial charge in [-0.3, -0.25) is 9.59 Å². The summed E-state index contributed by atoms with van der Waals surface area (Å²) in [5, 5.41) is 12.6. The van der Waals surface area contributed by atoms with E-state index in [9.17, 15) is 14.7 Å². The van der Waals surface area contributed by atoms with Crippen molar-refractivity contribution in [2.24, 2.45) is 11.7 Å². The van der Waals surface area contributed by atoms with Gasteiger partial charge in [0, 0.05) is 16.2 Å². The van der Waals surface area contributed by atoms with E-state index in [1.807, 2.05) is 0 Å². The minimum absolute atomic E-state index is 0.183. The van der Waals surface area contributed by atoms with Crippen molar-refractivity contribution in [3.63, 3.8) is 0 Å². The number of carboxylic acid groups (broad SMARTS) is 1. The number of carbonyl (C=O) groups excluding carboxylic acids is 1. The predicted octanol–water partition coefficient (Wildman–Crippen LogP) is 2.99. The van der Waals surface area contributed by atoms with Gasteiger partial charge in [-0.1, -0.05) is 35.2 Å². The SMILES string of the molecule is NC(=O)c1ccc(Br)cc1NC1CCCCCC1C(=O)O. The molecule has 1 fully saturated rings. The van der Waals surface area contributed by atoms with E-state index in [2.05, 4.69) is 21.2 Å². The summed E-state index contributed by atoms with van der Waals surface area (Å²) in [6.45, 7) is 0. The molecule has 0 spiro atoms. The van der Waals surface area contributed by atoms with Gasteiger partial charge < -0.3 is 16.2 Å². The molecule has 2 unspecified atom stereocenters. The second-order valence-electron chi connectivity index (χ2n) is 5.39. The Balaban J connectivity index is 2.27. The quantitative estimate of drug-likeness (QED) is 0.724. The fourth-order valence-electron chi connectivity index (χ4n) is 2.83. The van der Waals surface area contributed by atoms with E-state index in [0.29, 0.717) is 17.7 Å². The number of nitrogens with one attached hydrogen (secondary N) is 1. The molecule has 1 aromatic rings. The van der Waals surface area contributed by atoms with Crippen LogP contribution in [-0.2, 0) is 4.79 Å². The molecule has 6 heteroatoms. The Kier molecular flexibility index (Phi) is 5.22. The van der Waals surface area contributed by atoms with Gasteiger partial charge in [-0.25, -0.2) is 0 Å². The number of primary amides is 1. The van der Waals surface area contributed by atoms with Crippen LogP contribution in [0.15, 0.2) is 22.7 Å². The Hall–Kier alpha value is -1.56. The third-order valence-electron chi connectivity index (χ3n) is 3.92. The van der Waals surface area contributed by atoms with Gasteiger partial charge in [0.25, 0.3) is 5.91 Å². The number of rotatable bonds is 4. The summed E-state index contributed by atoms with van der Waals surface area (Å²) in [5.74, 6) is -1.75. The van der Waals surface area contributed by atoms with Crippen LogP contribution < -0.4 is 11.1 Å². The lowest BCUT2D eigenvalue weighted by atomic mass is 9.94. The molecule has 0 bridgehead atoms. The lowest BCUT2D eigenvalue weighted by Crippen LogP contribution is -2.34.